The molecule has 0 aliphatic rings. The second-order valence-electron chi connectivity index (χ2n) is 6.26. The van der Waals surface area contributed by atoms with E-state index in [2.05, 4.69) is 49.4 Å². The molecule has 0 amide bonds. The molecule has 0 heterocycles. The van der Waals surface area contributed by atoms with E-state index in [0.717, 1.165) is 5.56 Å². The first-order valence-corrected chi connectivity index (χ1v) is 7.51. The van der Waals surface area contributed by atoms with E-state index in [1.165, 1.54) is 34.0 Å². The van der Waals surface area contributed by atoms with Crippen LogP contribution in [0.2, 0.25) is 0 Å². The Balaban J connectivity index is 2.23. The molecule has 2 nitrogen and oxygen atoms in total. The summed E-state index contributed by atoms with van der Waals surface area (Å²) in [5.41, 5.74) is 1.64. The van der Waals surface area contributed by atoms with Gasteiger partial charge in [0, 0.05) is 6.92 Å². The standard InChI is InChI=1S/C20H20O2/c1-13-18-8-6-5-7-15(18)11-16-9-10-17(12-19(13)16)20(3,4)22-14(2)21/h5-12H,1-4H3. The van der Waals surface area contributed by atoms with Crippen LogP contribution in [0.25, 0.3) is 21.5 Å². The number of carbonyl (C=O) groups excluding carboxylic acids is 1. The first-order valence-electron chi connectivity index (χ1n) is 7.51. The van der Waals surface area contributed by atoms with Crippen LogP contribution in [0.1, 0.15) is 31.9 Å². The van der Waals surface area contributed by atoms with Crippen LogP contribution in [-0.2, 0) is 15.1 Å². The minimum absolute atomic E-state index is 0.264. The third-order valence-electron chi connectivity index (χ3n) is 4.23. The van der Waals surface area contributed by atoms with Gasteiger partial charge in [-0.2, -0.15) is 0 Å². The van der Waals surface area contributed by atoms with Crippen LogP contribution in [0.15, 0.2) is 48.5 Å². The quantitative estimate of drug-likeness (QED) is 0.485. The Bertz CT molecular complexity index is 875. The highest BCUT2D eigenvalue weighted by Gasteiger charge is 2.24. The van der Waals surface area contributed by atoms with Crippen molar-refractivity contribution in [3.8, 4) is 0 Å². The highest BCUT2D eigenvalue weighted by Crippen LogP contribution is 2.32. The summed E-state index contributed by atoms with van der Waals surface area (Å²) in [5, 5.41) is 4.92. The molecular formula is C20H20O2. The van der Waals surface area contributed by atoms with Crippen LogP contribution in [0, 0.1) is 6.92 Å². The van der Waals surface area contributed by atoms with E-state index in [4.69, 9.17) is 4.74 Å². The van der Waals surface area contributed by atoms with Gasteiger partial charge in [0.05, 0.1) is 0 Å². The van der Waals surface area contributed by atoms with Crippen LogP contribution in [-0.4, -0.2) is 5.97 Å². The molecule has 3 rings (SSSR count). The number of benzene rings is 3. The van der Waals surface area contributed by atoms with Gasteiger partial charge in [-0.1, -0.05) is 36.4 Å². The summed E-state index contributed by atoms with van der Waals surface area (Å²) in [6.45, 7) is 7.44. The molecule has 0 N–H and O–H groups in total. The lowest BCUT2D eigenvalue weighted by Gasteiger charge is -2.25. The Morgan fingerprint density at radius 1 is 0.955 bits per heavy atom. The van der Waals surface area contributed by atoms with Gasteiger partial charge < -0.3 is 4.74 Å². The zero-order chi connectivity index (χ0) is 15.9. The Morgan fingerprint density at radius 3 is 2.36 bits per heavy atom. The predicted octanol–water partition coefficient (Wildman–Crippen LogP) is 5.10. The smallest absolute Gasteiger partial charge is 0.303 e. The first kappa shape index (κ1) is 14.6. The lowest BCUT2D eigenvalue weighted by atomic mass is 9.91. The molecule has 22 heavy (non-hydrogen) atoms. The maximum Gasteiger partial charge on any atom is 0.303 e. The molecule has 0 fully saturated rings. The highest BCUT2D eigenvalue weighted by atomic mass is 16.6. The van der Waals surface area contributed by atoms with Crippen molar-refractivity contribution in [2.45, 2.75) is 33.3 Å². The SMILES string of the molecule is CC(=O)OC(C)(C)c1ccc2cc3ccccc3c(C)c2c1. The van der Waals surface area contributed by atoms with Gasteiger partial charge in [-0.25, -0.2) is 0 Å². The van der Waals surface area contributed by atoms with Gasteiger partial charge in [-0.3, -0.25) is 4.79 Å². The van der Waals surface area contributed by atoms with E-state index in [1.54, 1.807) is 0 Å². The molecule has 0 radical (unpaired) electrons. The number of hydrogen-bond acceptors (Lipinski definition) is 2. The fourth-order valence-corrected chi connectivity index (χ4v) is 3.08. The second-order valence-corrected chi connectivity index (χ2v) is 6.26. The van der Waals surface area contributed by atoms with E-state index in [9.17, 15) is 4.79 Å². The van der Waals surface area contributed by atoms with Crippen LogP contribution < -0.4 is 0 Å². The summed E-state index contributed by atoms with van der Waals surface area (Å²) in [4.78, 5) is 11.3. The fraction of sp³-hybridized carbons (Fsp3) is 0.250. The van der Waals surface area contributed by atoms with E-state index >= 15 is 0 Å². The minimum Gasteiger partial charge on any atom is -0.455 e. The number of aryl methyl sites for hydroxylation is 1. The maximum absolute atomic E-state index is 11.3. The molecule has 0 aliphatic carbocycles. The van der Waals surface area contributed by atoms with Crippen LogP contribution in [0.4, 0.5) is 0 Å². The lowest BCUT2D eigenvalue weighted by Crippen LogP contribution is -2.24. The number of hydrogen-bond donors (Lipinski definition) is 0. The Morgan fingerprint density at radius 2 is 1.64 bits per heavy atom. The number of rotatable bonds is 2. The van der Waals surface area contributed by atoms with E-state index in [1.807, 2.05) is 19.9 Å². The second kappa shape index (κ2) is 5.13. The van der Waals surface area contributed by atoms with E-state index < -0.39 is 5.60 Å². The van der Waals surface area contributed by atoms with Crippen molar-refractivity contribution in [2.24, 2.45) is 0 Å². The molecule has 2 heteroatoms. The number of fused-ring (bicyclic) bond motifs is 2. The van der Waals surface area contributed by atoms with Crippen molar-refractivity contribution in [3.05, 3.63) is 59.7 Å². The minimum atomic E-state index is -0.627. The number of esters is 1. The Labute approximate surface area is 130 Å². The molecular weight excluding hydrogens is 272 g/mol. The van der Waals surface area contributed by atoms with Crippen molar-refractivity contribution in [3.63, 3.8) is 0 Å². The summed E-state index contributed by atoms with van der Waals surface area (Å²) >= 11 is 0. The van der Waals surface area contributed by atoms with E-state index in [0.29, 0.717) is 0 Å². The topological polar surface area (TPSA) is 26.3 Å². The van der Waals surface area contributed by atoms with Crippen molar-refractivity contribution in [2.75, 3.05) is 0 Å². The molecule has 0 saturated carbocycles. The average molecular weight is 292 g/mol. The molecule has 0 unspecified atom stereocenters. The van der Waals surface area contributed by atoms with Crippen molar-refractivity contribution < 1.29 is 9.53 Å². The summed E-state index contributed by atoms with van der Waals surface area (Å²) < 4.78 is 5.46. The van der Waals surface area contributed by atoms with Crippen molar-refractivity contribution in [1.82, 2.24) is 0 Å². The van der Waals surface area contributed by atoms with Crippen molar-refractivity contribution in [1.29, 1.82) is 0 Å². The normalized spacial score (nSPS) is 11.8. The van der Waals surface area contributed by atoms with Crippen LogP contribution >= 0.6 is 0 Å². The third-order valence-corrected chi connectivity index (χ3v) is 4.23. The van der Waals surface area contributed by atoms with Gasteiger partial charge >= 0.3 is 5.97 Å². The number of ether oxygens (including phenoxy) is 1. The zero-order valence-corrected chi connectivity index (χ0v) is 13.4. The lowest BCUT2D eigenvalue weighted by molar-refractivity contribution is -0.154. The molecule has 0 saturated heterocycles. The average Bonchev–Trinajstić information content (AvgIpc) is 2.46. The highest BCUT2D eigenvalue weighted by molar-refractivity contribution is 6.02. The zero-order valence-electron chi connectivity index (χ0n) is 13.4. The summed E-state index contributed by atoms with van der Waals surface area (Å²) in [6, 6.07) is 16.9. The molecule has 3 aromatic rings. The molecule has 112 valence electrons. The largest absolute Gasteiger partial charge is 0.455 e. The Kier molecular flexibility index (Phi) is 3.40. The summed E-state index contributed by atoms with van der Waals surface area (Å²) in [6.07, 6.45) is 0. The molecule has 0 atom stereocenters. The Hall–Kier alpha value is -2.35. The molecule has 0 aromatic heterocycles. The summed E-state index contributed by atoms with van der Waals surface area (Å²) in [5.74, 6) is -0.264. The molecule has 0 bridgehead atoms. The van der Waals surface area contributed by atoms with Gasteiger partial charge in [-0.05, 0) is 65.6 Å². The van der Waals surface area contributed by atoms with Gasteiger partial charge in [0.25, 0.3) is 0 Å². The van der Waals surface area contributed by atoms with Gasteiger partial charge in [-0.15, -0.1) is 0 Å². The predicted molar refractivity (Wildman–Crippen MR) is 91.0 cm³/mol. The van der Waals surface area contributed by atoms with Gasteiger partial charge in [0.2, 0.25) is 0 Å². The van der Waals surface area contributed by atoms with Crippen LogP contribution in [0.3, 0.4) is 0 Å². The summed E-state index contributed by atoms with van der Waals surface area (Å²) in [7, 11) is 0. The monoisotopic (exact) mass is 292 g/mol. The molecule has 0 aliphatic heterocycles. The van der Waals surface area contributed by atoms with Gasteiger partial charge in [0.1, 0.15) is 5.60 Å². The first-order chi connectivity index (χ1) is 10.4. The number of carbonyl (C=O) groups is 1. The molecule has 0 spiro atoms. The third kappa shape index (κ3) is 2.45. The van der Waals surface area contributed by atoms with Gasteiger partial charge in [0.15, 0.2) is 0 Å². The fourth-order valence-electron chi connectivity index (χ4n) is 3.08. The van der Waals surface area contributed by atoms with Crippen molar-refractivity contribution >= 4 is 27.5 Å². The maximum atomic E-state index is 11.3. The van der Waals surface area contributed by atoms with E-state index in [-0.39, 0.29) is 5.97 Å². The van der Waals surface area contributed by atoms with Crippen LogP contribution in [0.5, 0.6) is 0 Å². The molecule has 3 aromatic carbocycles.